The Kier molecular flexibility index (Phi) is 5.73. The van der Waals surface area contributed by atoms with Crippen LogP contribution in [-0.2, 0) is 6.54 Å². The molecule has 4 heterocycles. The van der Waals surface area contributed by atoms with Crippen LogP contribution in [0.3, 0.4) is 0 Å². The molecule has 178 valence electrons. The highest BCUT2D eigenvalue weighted by molar-refractivity contribution is 5.99. The smallest absolute Gasteiger partial charge is 0.314 e. The minimum absolute atomic E-state index is 0.0581. The number of carbonyl (C=O) groups is 1. The van der Waals surface area contributed by atoms with E-state index in [-0.39, 0.29) is 35.0 Å². The maximum atomic E-state index is 13.5. The molecule has 0 fully saturated rings. The van der Waals surface area contributed by atoms with Gasteiger partial charge in [-0.1, -0.05) is 6.07 Å². The summed E-state index contributed by atoms with van der Waals surface area (Å²) in [5.74, 6) is -2.74. The van der Waals surface area contributed by atoms with Gasteiger partial charge in [-0.2, -0.15) is 8.78 Å². The van der Waals surface area contributed by atoms with Crippen molar-refractivity contribution in [3.8, 4) is 11.5 Å². The Balaban J connectivity index is 1.51. The van der Waals surface area contributed by atoms with Gasteiger partial charge >= 0.3 is 6.43 Å². The molecule has 2 atom stereocenters. The number of aromatic nitrogens is 4. The molecule has 0 bridgehead atoms. The second-order valence-corrected chi connectivity index (χ2v) is 7.74. The Hall–Kier alpha value is -4.19. The van der Waals surface area contributed by atoms with Crippen LogP contribution in [0.5, 0.6) is 0 Å². The van der Waals surface area contributed by atoms with Crippen molar-refractivity contribution in [2.24, 2.45) is 0 Å². The molecule has 0 saturated heterocycles. The first-order valence-electron chi connectivity index (χ1n) is 10.3. The molecule has 0 saturated carbocycles. The highest BCUT2D eigenvalue weighted by atomic mass is 19.3. The summed E-state index contributed by atoms with van der Waals surface area (Å²) in [7, 11) is 0. The Morgan fingerprint density at radius 2 is 1.63 bits per heavy atom. The first kappa shape index (κ1) is 22.6. The lowest BCUT2D eigenvalue weighted by Crippen LogP contribution is -2.34. The minimum Gasteiger partial charge on any atom is -0.415 e. The van der Waals surface area contributed by atoms with Crippen LogP contribution in [0.1, 0.15) is 51.8 Å². The van der Waals surface area contributed by atoms with Gasteiger partial charge in [-0.25, -0.2) is 8.78 Å². The van der Waals surface area contributed by atoms with Crippen LogP contribution in [0, 0.1) is 11.6 Å². The van der Waals surface area contributed by atoms with E-state index in [4.69, 9.17) is 4.42 Å². The van der Waals surface area contributed by atoms with Gasteiger partial charge in [0.05, 0.1) is 23.8 Å². The summed E-state index contributed by atoms with van der Waals surface area (Å²) in [5.41, 5.74) is 1.34. The number of rotatable bonds is 6. The van der Waals surface area contributed by atoms with E-state index < -0.39 is 42.0 Å². The number of nitrogens with zero attached hydrogens (tertiary/aromatic N) is 5. The fourth-order valence-corrected chi connectivity index (χ4v) is 3.90. The van der Waals surface area contributed by atoms with Crippen LogP contribution in [0.2, 0.25) is 0 Å². The molecule has 1 aromatic carbocycles. The maximum Gasteiger partial charge on any atom is 0.314 e. The van der Waals surface area contributed by atoms with Crippen molar-refractivity contribution in [2.45, 2.75) is 25.1 Å². The van der Waals surface area contributed by atoms with E-state index in [0.29, 0.717) is 5.56 Å². The van der Waals surface area contributed by atoms with E-state index >= 15 is 0 Å². The summed E-state index contributed by atoms with van der Waals surface area (Å²) < 4.78 is 57.5. The number of hydrogen-bond acceptors (Lipinski definition) is 7. The van der Waals surface area contributed by atoms with Crippen LogP contribution in [0.4, 0.5) is 17.6 Å². The van der Waals surface area contributed by atoms with Gasteiger partial charge in [-0.3, -0.25) is 14.8 Å². The summed E-state index contributed by atoms with van der Waals surface area (Å²) in [4.78, 5) is 22.7. The third-order valence-electron chi connectivity index (χ3n) is 5.56. The normalized spacial score (nSPS) is 14.9. The lowest BCUT2D eigenvalue weighted by Gasteiger charge is -2.31. The number of aliphatic hydroxyl groups excluding tert-OH is 1. The van der Waals surface area contributed by atoms with Crippen molar-refractivity contribution < 1.29 is 31.9 Å². The standard InChI is InChI=1S/C23H15F4N5O3/c24-13-3-5-16(28-8-13)18(19(33)17-6-4-14(25)9-29-17)32-10-12-2-1-11(7-15(12)23(32)34)21-30-31-22(35-21)20(26)27/h1-9,18-20,33H,10H2/t18-,19+/m1/s1. The molecule has 12 heteroatoms. The Bertz CT molecular complexity index is 1380. The monoisotopic (exact) mass is 485 g/mol. The number of hydrogen-bond donors (Lipinski definition) is 1. The topological polar surface area (TPSA) is 105 Å². The van der Waals surface area contributed by atoms with Crippen LogP contribution >= 0.6 is 0 Å². The number of aliphatic hydroxyl groups is 1. The molecule has 35 heavy (non-hydrogen) atoms. The number of fused-ring (bicyclic) bond motifs is 1. The van der Waals surface area contributed by atoms with E-state index in [1.54, 1.807) is 12.1 Å². The number of pyridine rings is 2. The maximum absolute atomic E-state index is 13.5. The summed E-state index contributed by atoms with van der Waals surface area (Å²) in [6.45, 7) is 0.0581. The number of halogens is 4. The van der Waals surface area contributed by atoms with E-state index in [2.05, 4.69) is 20.2 Å². The van der Waals surface area contributed by atoms with E-state index in [1.165, 1.54) is 23.1 Å². The van der Waals surface area contributed by atoms with Gasteiger partial charge < -0.3 is 14.4 Å². The molecule has 0 aliphatic carbocycles. The van der Waals surface area contributed by atoms with Gasteiger partial charge in [0.1, 0.15) is 23.8 Å². The second-order valence-electron chi connectivity index (χ2n) is 7.74. The quantitative estimate of drug-likeness (QED) is 0.409. The van der Waals surface area contributed by atoms with Crippen molar-refractivity contribution >= 4 is 5.91 Å². The Morgan fingerprint density at radius 3 is 2.23 bits per heavy atom. The Morgan fingerprint density at radius 1 is 0.943 bits per heavy atom. The average Bonchev–Trinajstić information content (AvgIpc) is 3.47. The van der Waals surface area contributed by atoms with Gasteiger partial charge in [0.25, 0.3) is 11.8 Å². The van der Waals surface area contributed by atoms with E-state index in [0.717, 1.165) is 24.5 Å². The first-order valence-corrected chi connectivity index (χ1v) is 10.3. The molecule has 1 N–H and O–H groups in total. The van der Waals surface area contributed by atoms with Gasteiger partial charge in [-0.15, -0.1) is 10.2 Å². The summed E-state index contributed by atoms with van der Waals surface area (Å²) >= 11 is 0. The zero-order valence-corrected chi connectivity index (χ0v) is 17.6. The molecule has 0 unspecified atom stereocenters. The van der Waals surface area contributed by atoms with E-state index in [1.807, 2.05) is 0 Å². The molecule has 1 aliphatic rings. The van der Waals surface area contributed by atoms with Gasteiger partial charge in [0.15, 0.2) is 0 Å². The molecular weight excluding hydrogens is 470 g/mol. The number of amides is 1. The number of alkyl halides is 2. The molecule has 8 nitrogen and oxygen atoms in total. The highest BCUT2D eigenvalue weighted by Gasteiger charge is 2.39. The van der Waals surface area contributed by atoms with Gasteiger partial charge in [-0.05, 0) is 42.0 Å². The van der Waals surface area contributed by atoms with Crippen molar-refractivity contribution in [3.05, 3.63) is 94.9 Å². The van der Waals surface area contributed by atoms with Gasteiger partial charge in [0.2, 0.25) is 5.89 Å². The lowest BCUT2D eigenvalue weighted by molar-refractivity contribution is 0.0331. The summed E-state index contributed by atoms with van der Waals surface area (Å²) in [6.07, 6.45) is -2.47. The van der Waals surface area contributed by atoms with Crippen molar-refractivity contribution in [1.29, 1.82) is 0 Å². The fourth-order valence-electron chi connectivity index (χ4n) is 3.90. The molecule has 5 rings (SSSR count). The minimum atomic E-state index is -2.94. The largest absolute Gasteiger partial charge is 0.415 e. The SMILES string of the molecule is O=C1c2cc(-c3nnc(C(F)F)o3)ccc2CN1[C@H](c1ccc(F)cn1)[C@@H](O)c1ccc(F)cn1. The summed E-state index contributed by atoms with van der Waals surface area (Å²) in [5, 5.41) is 18.0. The molecule has 4 aromatic rings. The zero-order valence-electron chi connectivity index (χ0n) is 17.6. The van der Waals surface area contributed by atoms with Crippen molar-refractivity contribution in [2.75, 3.05) is 0 Å². The lowest BCUT2D eigenvalue weighted by atomic mass is 10.0. The van der Waals surface area contributed by atoms with Crippen LogP contribution in [-0.4, -0.2) is 36.1 Å². The summed E-state index contributed by atoms with van der Waals surface area (Å²) in [6, 6.07) is 8.35. The molecule has 1 amide bonds. The molecule has 0 spiro atoms. The first-order chi connectivity index (χ1) is 16.8. The third-order valence-corrected chi connectivity index (χ3v) is 5.56. The molecule has 3 aromatic heterocycles. The number of benzene rings is 1. The van der Waals surface area contributed by atoms with E-state index in [9.17, 15) is 27.5 Å². The van der Waals surface area contributed by atoms with Crippen LogP contribution in [0.15, 0.2) is 59.3 Å². The zero-order chi connectivity index (χ0) is 24.7. The fraction of sp³-hybridized carbons (Fsp3) is 0.174. The molecular formula is C23H15F4N5O3. The third kappa shape index (κ3) is 4.23. The predicted molar refractivity (Wildman–Crippen MR) is 111 cm³/mol. The highest BCUT2D eigenvalue weighted by Crippen LogP contribution is 2.39. The van der Waals surface area contributed by atoms with Gasteiger partial charge in [0, 0.05) is 17.7 Å². The Labute approximate surface area is 194 Å². The number of carbonyl (C=O) groups excluding carboxylic acids is 1. The van der Waals surface area contributed by atoms with Crippen molar-refractivity contribution in [1.82, 2.24) is 25.1 Å². The van der Waals surface area contributed by atoms with Crippen LogP contribution < -0.4 is 0 Å². The van der Waals surface area contributed by atoms with Crippen molar-refractivity contribution in [3.63, 3.8) is 0 Å². The molecule has 1 aliphatic heterocycles. The van der Waals surface area contributed by atoms with Crippen LogP contribution in [0.25, 0.3) is 11.5 Å². The molecule has 0 radical (unpaired) electrons. The average molecular weight is 485 g/mol. The second kappa shape index (κ2) is 8.87. The predicted octanol–water partition coefficient (Wildman–Crippen LogP) is 4.17.